The Labute approximate surface area is 124 Å². The molecule has 0 unspecified atom stereocenters. The van der Waals surface area contributed by atoms with Crippen LogP contribution in [0.5, 0.6) is 5.75 Å². The van der Waals surface area contributed by atoms with Crippen LogP contribution in [0.2, 0.25) is 0 Å². The molecule has 0 aliphatic heterocycles. The number of carbonyl (C=O) groups excluding carboxylic acids is 1. The molecule has 0 heterocycles. The molecule has 0 saturated carbocycles. The fourth-order valence-corrected chi connectivity index (χ4v) is 1.54. The monoisotopic (exact) mass is 295 g/mol. The highest BCUT2D eigenvalue weighted by Crippen LogP contribution is 2.12. The summed E-state index contributed by atoms with van der Waals surface area (Å²) in [5.41, 5.74) is 1.03. The second kappa shape index (κ2) is 8.97. The highest BCUT2D eigenvalue weighted by molar-refractivity contribution is 5.77. The number of amides is 1. The molecule has 1 aromatic rings. The van der Waals surface area contributed by atoms with Crippen LogP contribution in [0.15, 0.2) is 24.3 Å². The molecule has 6 heteroatoms. The largest absolute Gasteiger partial charge is 0.482 e. The minimum Gasteiger partial charge on any atom is -0.482 e. The van der Waals surface area contributed by atoms with E-state index in [1.807, 2.05) is 26.0 Å². The number of ether oxygens (including phenoxy) is 2. The zero-order chi connectivity index (χ0) is 15.7. The van der Waals surface area contributed by atoms with Crippen molar-refractivity contribution in [2.24, 2.45) is 0 Å². The van der Waals surface area contributed by atoms with Gasteiger partial charge in [-0.2, -0.15) is 0 Å². The number of aliphatic carboxylic acids is 1. The first kappa shape index (κ1) is 17.0. The van der Waals surface area contributed by atoms with Crippen molar-refractivity contribution in [2.75, 3.05) is 19.8 Å². The van der Waals surface area contributed by atoms with Gasteiger partial charge in [0.2, 0.25) is 5.91 Å². The van der Waals surface area contributed by atoms with Crippen LogP contribution in [-0.4, -0.2) is 42.8 Å². The molecule has 1 aromatic carbocycles. The first-order valence-corrected chi connectivity index (χ1v) is 6.79. The summed E-state index contributed by atoms with van der Waals surface area (Å²) < 4.78 is 10.2. The molecule has 0 atom stereocenters. The summed E-state index contributed by atoms with van der Waals surface area (Å²) in [4.78, 5) is 21.8. The van der Waals surface area contributed by atoms with Gasteiger partial charge in [-0.05, 0) is 38.0 Å². The van der Waals surface area contributed by atoms with E-state index in [0.29, 0.717) is 18.7 Å². The molecule has 0 aliphatic rings. The van der Waals surface area contributed by atoms with Gasteiger partial charge in [-0.3, -0.25) is 4.79 Å². The number of carboxylic acid groups (broad SMARTS) is 1. The lowest BCUT2D eigenvalue weighted by Crippen LogP contribution is -2.30. The SMILES string of the molecule is CC(C)OCC(=O)NCCc1ccc(OCC(=O)O)cc1. The number of carbonyl (C=O) groups is 2. The standard InChI is InChI=1S/C15H21NO5/c1-11(2)20-9-14(17)16-8-7-12-3-5-13(6-4-12)21-10-15(18)19/h3-6,11H,7-10H2,1-2H3,(H,16,17)(H,18,19). The van der Waals surface area contributed by atoms with E-state index in [0.717, 1.165) is 5.56 Å². The Morgan fingerprint density at radius 1 is 1.19 bits per heavy atom. The zero-order valence-electron chi connectivity index (χ0n) is 12.3. The third-order valence-corrected chi connectivity index (χ3v) is 2.57. The van der Waals surface area contributed by atoms with Crippen LogP contribution in [0.3, 0.4) is 0 Å². The van der Waals surface area contributed by atoms with E-state index in [4.69, 9.17) is 14.6 Å². The predicted octanol–water partition coefficient (Wildman–Crippen LogP) is 1.23. The Bertz CT molecular complexity index is 456. The van der Waals surface area contributed by atoms with Crippen molar-refractivity contribution in [2.45, 2.75) is 26.4 Å². The van der Waals surface area contributed by atoms with Crippen LogP contribution in [0, 0.1) is 0 Å². The van der Waals surface area contributed by atoms with E-state index < -0.39 is 5.97 Å². The van der Waals surface area contributed by atoms with Crippen molar-refractivity contribution in [1.82, 2.24) is 5.32 Å². The van der Waals surface area contributed by atoms with Gasteiger partial charge >= 0.3 is 5.97 Å². The normalized spacial score (nSPS) is 10.4. The molecule has 6 nitrogen and oxygen atoms in total. The van der Waals surface area contributed by atoms with Gasteiger partial charge in [0.1, 0.15) is 12.4 Å². The minimum atomic E-state index is -1.01. The summed E-state index contributed by atoms with van der Waals surface area (Å²) in [6.07, 6.45) is 0.723. The van der Waals surface area contributed by atoms with Crippen LogP contribution in [0.1, 0.15) is 19.4 Å². The maximum atomic E-state index is 11.4. The molecule has 0 fully saturated rings. The van der Waals surface area contributed by atoms with E-state index in [9.17, 15) is 9.59 Å². The average molecular weight is 295 g/mol. The van der Waals surface area contributed by atoms with Gasteiger partial charge < -0.3 is 19.9 Å². The Morgan fingerprint density at radius 2 is 1.86 bits per heavy atom. The van der Waals surface area contributed by atoms with Crippen LogP contribution in [0.25, 0.3) is 0 Å². The van der Waals surface area contributed by atoms with Gasteiger partial charge in [0.25, 0.3) is 0 Å². The quantitative estimate of drug-likeness (QED) is 0.716. The lowest BCUT2D eigenvalue weighted by Gasteiger charge is -2.09. The Balaban J connectivity index is 2.26. The van der Waals surface area contributed by atoms with E-state index in [-0.39, 0.29) is 25.2 Å². The van der Waals surface area contributed by atoms with Crippen molar-refractivity contribution < 1.29 is 24.2 Å². The van der Waals surface area contributed by atoms with Gasteiger partial charge in [-0.25, -0.2) is 4.79 Å². The third-order valence-electron chi connectivity index (χ3n) is 2.57. The van der Waals surface area contributed by atoms with Gasteiger partial charge in [0.15, 0.2) is 6.61 Å². The summed E-state index contributed by atoms with van der Waals surface area (Å²) in [5, 5.41) is 11.3. The number of benzene rings is 1. The number of hydrogen-bond acceptors (Lipinski definition) is 4. The summed E-state index contributed by atoms with van der Waals surface area (Å²) >= 11 is 0. The number of rotatable bonds is 9. The van der Waals surface area contributed by atoms with Crippen molar-refractivity contribution in [3.05, 3.63) is 29.8 Å². The molecule has 1 amide bonds. The molecular weight excluding hydrogens is 274 g/mol. The van der Waals surface area contributed by atoms with Crippen molar-refractivity contribution in [1.29, 1.82) is 0 Å². The molecule has 0 aliphatic carbocycles. The first-order valence-electron chi connectivity index (χ1n) is 6.79. The summed E-state index contributed by atoms with van der Waals surface area (Å²) in [6.45, 7) is 3.99. The van der Waals surface area contributed by atoms with E-state index in [2.05, 4.69) is 5.32 Å². The summed E-state index contributed by atoms with van der Waals surface area (Å²) in [5.74, 6) is -0.633. The summed E-state index contributed by atoms with van der Waals surface area (Å²) in [7, 11) is 0. The zero-order valence-corrected chi connectivity index (χ0v) is 12.3. The van der Waals surface area contributed by atoms with Crippen molar-refractivity contribution >= 4 is 11.9 Å². The number of hydrogen-bond donors (Lipinski definition) is 2. The van der Waals surface area contributed by atoms with Gasteiger partial charge in [0, 0.05) is 6.54 Å². The molecule has 0 aromatic heterocycles. The molecule has 21 heavy (non-hydrogen) atoms. The van der Waals surface area contributed by atoms with Crippen LogP contribution in [0.4, 0.5) is 0 Å². The Morgan fingerprint density at radius 3 is 2.43 bits per heavy atom. The Hall–Kier alpha value is -2.08. The molecule has 2 N–H and O–H groups in total. The fraction of sp³-hybridized carbons (Fsp3) is 0.467. The maximum absolute atomic E-state index is 11.4. The molecule has 0 bridgehead atoms. The minimum absolute atomic E-state index is 0.0362. The average Bonchev–Trinajstić information content (AvgIpc) is 2.44. The molecule has 0 spiro atoms. The summed E-state index contributed by atoms with van der Waals surface area (Å²) in [6, 6.07) is 7.10. The molecule has 116 valence electrons. The van der Waals surface area contributed by atoms with Crippen molar-refractivity contribution in [3.8, 4) is 5.75 Å². The van der Waals surface area contributed by atoms with E-state index in [1.165, 1.54) is 0 Å². The number of nitrogens with one attached hydrogen (secondary N) is 1. The first-order chi connectivity index (χ1) is 9.97. The molecule has 1 rings (SSSR count). The third kappa shape index (κ3) is 7.94. The molecule has 0 radical (unpaired) electrons. The van der Waals surface area contributed by atoms with Crippen LogP contribution < -0.4 is 10.1 Å². The second-order valence-electron chi connectivity index (χ2n) is 4.79. The highest BCUT2D eigenvalue weighted by atomic mass is 16.5. The van der Waals surface area contributed by atoms with E-state index in [1.54, 1.807) is 12.1 Å². The molecule has 0 saturated heterocycles. The van der Waals surface area contributed by atoms with Crippen LogP contribution >= 0.6 is 0 Å². The topological polar surface area (TPSA) is 84.9 Å². The molecular formula is C15H21NO5. The highest BCUT2D eigenvalue weighted by Gasteiger charge is 2.03. The number of carboxylic acids is 1. The maximum Gasteiger partial charge on any atom is 0.341 e. The lowest BCUT2D eigenvalue weighted by molar-refractivity contribution is -0.139. The van der Waals surface area contributed by atoms with Gasteiger partial charge in [0.05, 0.1) is 6.10 Å². The Kier molecular flexibility index (Phi) is 7.25. The van der Waals surface area contributed by atoms with E-state index >= 15 is 0 Å². The van der Waals surface area contributed by atoms with Crippen molar-refractivity contribution in [3.63, 3.8) is 0 Å². The predicted molar refractivity (Wildman–Crippen MR) is 77.4 cm³/mol. The second-order valence-corrected chi connectivity index (χ2v) is 4.79. The lowest BCUT2D eigenvalue weighted by atomic mass is 10.1. The van der Waals surface area contributed by atoms with Crippen LogP contribution in [-0.2, 0) is 20.7 Å². The van der Waals surface area contributed by atoms with Gasteiger partial charge in [-0.1, -0.05) is 12.1 Å². The fourth-order valence-electron chi connectivity index (χ4n) is 1.54. The van der Waals surface area contributed by atoms with Gasteiger partial charge in [-0.15, -0.1) is 0 Å². The smallest absolute Gasteiger partial charge is 0.341 e.